The van der Waals surface area contributed by atoms with Crippen molar-refractivity contribution in [3.63, 3.8) is 0 Å². The minimum absolute atomic E-state index is 0. The van der Waals surface area contributed by atoms with Crippen LogP contribution in [0, 0.1) is 0 Å². The largest absolute Gasteiger partial charge is 0.492 e. The Balaban J connectivity index is 0.00000480. The summed E-state index contributed by atoms with van der Waals surface area (Å²) in [6, 6.07) is 18.7. The number of halogens is 1. The summed E-state index contributed by atoms with van der Waals surface area (Å²) in [5, 5.41) is 6.79. The number of hydrogen-bond acceptors (Lipinski definition) is 4. The van der Waals surface area contributed by atoms with E-state index in [9.17, 15) is 0 Å². The van der Waals surface area contributed by atoms with Crippen molar-refractivity contribution in [1.82, 2.24) is 15.5 Å². The second-order valence-corrected chi connectivity index (χ2v) is 7.41. The van der Waals surface area contributed by atoms with Crippen LogP contribution >= 0.6 is 24.0 Å². The van der Waals surface area contributed by atoms with Crippen LogP contribution in [0.5, 0.6) is 5.75 Å². The molecule has 0 fully saturated rings. The first-order chi connectivity index (χ1) is 14.6. The Morgan fingerprint density at radius 2 is 1.77 bits per heavy atom. The summed E-state index contributed by atoms with van der Waals surface area (Å²) < 4.78 is 11.0. The lowest BCUT2D eigenvalue weighted by Gasteiger charge is -2.17. The predicted molar refractivity (Wildman–Crippen MR) is 140 cm³/mol. The molecule has 0 bridgehead atoms. The summed E-state index contributed by atoms with van der Waals surface area (Å²) in [6.45, 7) is 6.87. The topological polar surface area (TPSA) is 58.1 Å². The van der Waals surface area contributed by atoms with E-state index in [1.807, 2.05) is 18.2 Å². The first-order valence-electron chi connectivity index (χ1n) is 10.5. The molecular weight excluding hydrogens is 503 g/mol. The van der Waals surface area contributed by atoms with Crippen LogP contribution in [0.4, 0.5) is 0 Å². The van der Waals surface area contributed by atoms with Gasteiger partial charge in [-0.05, 0) is 36.2 Å². The van der Waals surface area contributed by atoms with Crippen LogP contribution in [-0.4, -0.2) is 64.9 Å². The molecule has 0 aliphatic carbocycles. The lowest BCUT2D eigenvalue weighted by Crippen LogP contribution is -2.38. The van der Waals surface area contributed by atoms with Gasteiger partial charge in [-0.15, -0.1) is 24.0 Å². The summed E-state index contributed by atoms with van der Waals surface area (Å²) in [5.41, 5.74) is 2.47. The van der Waals surface area contributed by atoms with Gasteiger partial charge in [0.15, 0.2) is 5.96 Å². The van der Waals surface area contributed by atoms with Crippen LogP contribution in [0.25, 0.3) is 0 Å². The molecule has 6 nitrogen and oxygen atoms in total. The smallest absolute Gasteiger partial charge is 0.191 e. The highest BCUT2D eigenvalue weighted by atomic mass is 127. The van der Waals surface area contributed by atoms with Gasteiger partial charge in [0, 0.05) is 40.3 Å². The summed E-state index contributed by atoms with van der Waals surface area (Å²) >= 11 is 0. The molecule has 2 rings (SSSR count). The normalized spacial score (nSPS) is 12.2. The molecule has 0 amide bonds. The van der Waals surface area contributed by atoms with E-state index in [1.165, 1.54) is 5.56 Å². The lowest BCUT2D eigenvalue weighted by atomic mass is 10.0. The van der Waals surface area contributed by atoms with E-state index in [-0.39, 0.29) is 24.0 Å². The molecular formula is C24H37IN4O2. The van der Waals surface area contributed by atoms with Gasteiger partial charge in [0.05, 0.1) is 6.61 Å². The molecule has 2 aromatic carbocycles. The Hall–Kier alpha value is -1.84. The van der Waals surface area contributed by atoms with E-state index in [0.29, 0.717) is 19.1 Å². The van der Waals surface area contributed by atoms with Gasteiger partial charge in [-0.25, -0.2) is 0 Å². The number of benzene rings is 2. The quantitative estimate of drug-likeness (QED) is 0.244. The Morgan fingerprint density at radius 3 is 2.48 bits per heavy atom. The Morgan fingerprint density at radius 1 is 1.03 bits per heavy atom. The van der Waals surface area contributed by atoms with Crippen molar-refractivity contribution in [3.05, 3.63) is 65.7 Å². The highest BCUT2D eigenvalue weighted by Crippen LogP contribution is 2.14. The third-order valence-electron chi connectivity index (χ3n) is 4.95. The van der Waals surface area contributed by atoms with Crippen LogP contribution in [0.3, 0.4) is 0 Å². The van der Waals surface area contributed by atoms with Crippen LogP contribution in [0.2, 0.25) is 0 Å². The summed E-state index contributed by atoms with van der Waals surface area (Å²) in [4.78, 5) is 6.53. The minimum Gasteiger partial charge on any atom is -0.492 e. The van der Waals surface area contributed by atoms with Gasteiger partial charge in [-0.3, -0.25) is 4.99 Å². The molecule has 7 heteroatoms. The number of guanidine groups is 1. The first-order valence-corrected chi connectivity index (χ1v) is 10.5. The van der Waals surface area contributed by atoms with Gasteiger partial charge < -0.3 is 25.0 Å². The maximum absolute atomic E-state index is 5.90. The standard InChI is InChI=1S/C24H36N4O2.HI/c1-20(22-10-6-5-7-11-22)18-26-24(25-2)27-19-21-9-8-12-23(17-21)30-16-14-28(3)13-15-29-4;/h5-12,17,20H,13-16,18-19H2,1-4H3,(H2,25,26,27);1H. The van der Waals surface area contributed by atoms with Crippen LogP contribution < -0.4 is 15.4 Å². The number of likely N-dealkylation sites (N-methyl/N-ethyl adjacent to an activating group) is 1. The molecule has 1 atom stereocenters. The fourth-order valence-corrected chi connectivity index (χ4v) is 2.98. The Kier molecular flexibility index (Phi) is 13.9. The second kappa shape index (κ2) is 15.9. The first kappa shape index (κ1) is 27.2. The molecule has 0 aromatic heterocycles. The number of nitrogens with zero attached hydrogens (tertiary/aromatic N) is 2. The summed E-state index contributed by atoms with van der Waals surface area (Å²) in [6.07, 6.45) is 0. The van der Waals surface area contributed by atoms with Crippen molar-refractivity contribution in [3.8, 4) is 5.75 Å². The zero-order chi connectivity index (χ0) is 21.6. The molecule has 0 saturated heterocycles. The van der Waals surface area contributed by atoms with E-state index < -0.39 is 0 Å². The molecule has 0 heterocycles. The minimum atomic E-state index is 0. The molecule has 2 aromatic rings. The fraction of sp³-hybridized carbons (Fsp3) is 0.458. The predicted octanol–water partition coefficient (Wildman–Crippen LogP) is 3.73. The SMILES string of the molecule is CN=C(NCc1cccc(OCCN(C)CCOC)c1)NCC(C)c1ccccc1.I. The number of ether oxygens (including phenoxy) is 2. The molecule has 2 N–H and O–H groups in total. The van der Waals surface area contributed by atoms with E-state index in [1.54, 1.807) is 14.2 Å². The van der Waals surface area contributed by atoms with E-state index >= 15 is 0 Å². The van der Waals surface area contributed by atoms with E-state index in [4.69, 9.17) is 9.47 Å². The molecule has 172 valence electrons. The molecule has 0 saturated carbocycles. The Labute approximate surface area is 204 Å². The monoisotopic (exact) mass is 540 g/mol. The molecule has 0 spiro atoms. The second-order valence-electron chi connectivity index (χ2n) is 7.41. The van der Waals surface area contributed by atoms with Crippen LogP contribution in [0.1, 0.15) is 24.0 Å². The van der Waals surface area contributed by atoms with Crippen molar-refractivity contribution >= 4 is 29.9 Å². The van der Waals surface area contributed by atoms with Gasteiger partial charge >= 0.3 is 0 Å². The zero-order valence-corrected chi connectivity index (χ0v) is 21.5. The third-order valence-corrected chi connectivity index (χ3v) is 4.95. The Bertz CT molecular complexity index is 758. The molecule has 0 aliphatic heterocycles. The van der Waals surface area contributed by atoms with Gasteiger partial charge in [0.25, 0.3) is 0 Å². The zero-order valence-electron chi connectivity index (χ0n) is 19.1. The molecule has 31 heavy (non-hydrogen) atoms. The maximum Gasteiger partial charge on any atom is 0.191 e. The van der Waals surface area contributed by atoms with Crippen LogP contribution in [-0.2, 0) is 11.3 Å². The van der Waals surface area contributed by atoms with E-state index in [0.717, 1.165) is 43.5 Å². The summed E-state index contributed by atoms with van der Waals surface area (Å²) in [5.74, 6) is 2.09. The summed E-state index contributed by atoms with van der Waals surface area (Å²) in [7, 11) is 5.58. The average molecular weight is 540 g/mol. The number of rotatable bonds is 12. The highest BCUT2D eigenvalue weighted by Gasteiger charge is 2.06. The van der Waals surface area contributed by atoms with Gasteiger partial charge in [-0.2, -0.15) is 0 Å². The van der Waals surface area contributed by atoms with Crippen molar-refractivity contribution in [2.75, 3.05) is 54.1 Å². The number of aliphatic imine (C=N–C) groups is 1. The molecule has 0 aliphatic rings. The van der Waals surface area contributed by atoms with Gasteiger partial charge in [-0.1, -0.05) is 49.4 Å². The maximum atomic E-state index is 5.90. The van der Waals surface area contributed by atoms with Crippen molar-refractivity contribution in [1.29, 1.82) is 0 Å². The number of hydrogen-bond donors (Lipinski definition) is 2. The number of methoxy groups -OCH3 is 1. The molecule has 1 unspecified atom stereocenters. The average Bonchev–Trinajstić information content (AvgIpc) is 2.78. The van der Waals surface area contributed by atoms with Gasteiger partial charge in [0.2, 0.25) is 0 Å². The van der Waals surface area contributed by atoms with Gasteiger partial charge in [0.1, 0.15) is 12.4 Å². The van der Waals surface area contributed by atoms with Crippen molar-refractivity contribution in [2.45, 2.75) is 19.4 Å². The number of nitrogens with one attached hydrogen (secondary N) is 2. The third kappa shape index (κ3) is 10.8. The van der Waals surface area contributed by atoms with Crippen molar-refractivity contribution < 1.29 is 9.47 Å². The lowest BCUT2D eigenvalue weighted by molar-refractivity contribution is 0.150. The van der Waals surface area contributed by atoms with E-state index in [2.05, 4.69) is 70.9 Å². The van der Waals surface area contributed by atoms with Crippen molar-refractivity contribution in [2.24, 2.45) is 4.99 Å². The highest BCUT2D eigenvalue weighted by molar-refractivity contribution is 14.0. The van der Waals surface area contributed by atoms with Crippen LogP contribution in [0.15, 0.2) is 59.6 Å². The molecule has 0 radical (unpaired) electrons. The fourth-order valence-electron chi connectivity index (χ4n) is 2.98.